The van der Waals surface area contributed by atoms with Gasteiger partial charge in [-0.1, -0.05) is 42.1 Å². The van der Waals surface area contributed by atoms with Crippen LogP contribution in [-0.4, -0.2) is 81.3 Å². The molecule has 12 heteroatoms. The number of likely N-dealkylation sites (N-methyl/N-ethyl adjacent to an activating group) is 1. The van der Waals surface area contributed by atoms with Gasteiger partial charge in [0.15, 0.2) is 5.17 Å². The van der Waals surface area contributed by atoms with Crippen LogP contribution in [0.1, 0.15) is 12.5 Å². The quantitative estimate of drug-likeness (QED) is 0.236. The fourth-order valence-corrected chi connectivity index (χ4v) is 7.07. The van der Waals surface area contributed by atoms with Crippen molar-refractivity contribution < 1.29 is 19.1 Å². The predicted molar refractivity (Wildman–Crippen MR) is 185 cm³/mol. The molecule has 0 spiro atoms. The van der Waals surface area contributed by atoms with Gasteiger partial charge in [0.2, 0.25) is 5.91 Å². The Morgan fingerprint density at radius 3 is 2.58 bits per heavy atom. The number of rotatable bonds is 12. The molecule has 3 aromatic rings. The van der Waals surface area contributed by atoms with Gasteiger partial charge in [0, 0.05) is 43.9 Å². The van der Waals surface area contributed by atoms with Gasteiger partial charge in [-0.25, -0.2) is 4.99 Å². The van der Waals surface area contributed by atoms with Gasteiger partial charge in [-0.2, -0.15) is 0 Å². The molecule has 0 aliphatic carbocycles. The summed E-state index contributed by atoms with van der Waals surface area (Å²) in [6.45, 7) is 4.41. The summed E-state index contributed by atoms with van der Waals surface area (Å²) in [6, 6.07) is 21.4. The van der Waals surface area contributed by atoms with Crippen LogP contribution in [0.15, 0.2) is 86.6 Å². The third-order valence-corrected chi connectivity index (χ3v) is 9.42. The van der Waals surface area contributed by atoms with E-state index in [9.17, 15) is 9.59 Å². The van der Waals surface area contributed by atoms with Gasteiger partial charge >= 0.3 is 0 Å². The van der Waals surface area contributed by atoms with Crippen molar-refractivity contribution in [1.29, 1.82) is 0 Å². The first-order chi connectivity index (χ1) is 21.8. The number of ether oxygens (including phenoxy) is 2. The minimum Gasteiger partial charge on any atom is -0.492 e. The third kappa shape index (κ3) is 7.82. The van der Waals surface area contributed by atoms with Crippen LogP contribution in [-0.2, 0) is 20.9 Å². The lowest BCUT2D eigenvalue weighted by Crippen LogP contribution is -2.29. The Balaban J connectivity index is 1.50. The molecular weight excluding hydrogens is 609 g/mol. The fourth-order valence-electron chi connectivity index (χ4n) is 4.76. The molecule has 236 valence electrons. The molecule has 0 atom stereocenters. The lowest BCUT2D eigenvalue weighted by molar-refractivity contribution is -0.122. The molecule has 2 aliphatic heterocycles. The maximum atomic E-state index is 14.2. The molecular formula is C33H38N6O4S2. The number of carbonyl (C=O) groups is 2. The van der Waals surface area contributed by atoms with E-state index in [0.717, 1.165) is 39.2 Å². The fraction of sp³-hybridized carbons (Fsp3) is 0.303. The highest BCUT2D eigenvalue weighted by Gasteiger charge is 2.39. The molecule has 0 aromatic heterocycles. The smallest absolute Gasteiger partial charge is 0.269 e. The minimum absolute atomic E-state index is 0.0533. The number of benzene rings is 3. The van der Waals surface area contributed by atoms with Gasteiger partial charge < -0.3 is 29.9 Å². The van der Waals surface area contributed by atoms with E-state index in [1.807, 2.05) is 88.7 Å². The highest BCUT2D eigenvalue weighted by Crippen LogP contribution is 2.51. The third-order valence-electron chi connectivity index (χ3n) is 6.99. The number of amides is 2. The van der Waals surface area contributed by atoms with Crippen LogP contribution in [0.4, 0.5) is 22.7 Å². The molecule has 10 nitrogen and oxygen atoms in total. The maximum absolute atomic E-state index is 14.2. The Labute approximate surface area is 272 Å². The zero-order valence-corrected chi connectivity index (χ0v) is 27.8. The SMILES string of the molecule is CCNc1ccc(NC(=O)COC)cc1N=C1SC(=C2Sc3ccc(OCCN(C)C)cc3N2C)C(=O)N1Cc1ccccc1. The molecule has 5 rings (SSSR count). The zero-order valence-electron chi connectivity index (χ0n) is 26.1. The zero-order chi connectivity index (χ0) is 31.9. The number of thioether (sulfide) groups is 2. The van der Waals surface area contributed by atoms with Crippen LogP contribution in [0.25, 0.3) is 0 Å². The van der Waals surface area contributed by atoms with Gasteiger partial charge in [0.25, 0.3) is 5.91 Å². The molecule has 1 fully saturated rings. The van der Waals surface area contributed by atoms with Crippen LogP contribution in [0.2, 0.25) is 0 Å². The van der Waals surface area contributed by atoms with E-state index in [1.54, 1.807) is 22.7 Å². The number of fused-ring (bicyclic) bond motifs is 1. The predicted octanol–water partition coefficient (Wildman–Crippen LogP) is 5.82. The number of nitrogens with one attached hydrogen (secondary N) is 2. The van der Waals surface area contributed by atoms with E-state index in [2.05, 4.69) is 20.4 Å². The molecule has 0 unspecified atom stereocenters. The normalized spacial score (nSPS) is 16.9. The van der Waals surface area contributed by atoms with E-state index in [-0.39, 0.29) is 18.4 Å². The molecule has 0 bridgehead atoms. The monoisotopic (exact) mass is 646 g/mol. The van der Waals surface area contributed by atoms with Crippen molar-refractivity contribution >= 4 is 63.3 Å². The Morgan fingerprint density at radius 2 is 1.84 bits per heavy atom. The number of carbonyl (C=O) groups excluding carboxylic acids is 2. The lowest BCUT2D eigenvalue weighted by Gasteiger charge is -2.18. The highest BCUT2D eigenvalue weighted by molar-refractivity contribution is 8.19. The lowest BCUT2D eigenvalue weighted by atomic mass is 10.2. The minimum atomic E-state index is -0.262. The Kier molecular flexibility index (Phi) is 10.7. The van der Waals surface area contributed by atoms with Crippen molar-refractivity contribution in [1.82, 2.24) is 9.80 Å². The number of hydrogen-bond donors (Lipinski definition) is 2. The second kappa shape index (κ2) is 14.9. The molecule has 2 aliphatic rings. The van der Waals surface area contributed by atoms with Crippen LogP contribution >= 0.6 is 23.5 Å². The molecule has 2 N–H and O–H groups in total. The average Bonchev–Trinajstić information content (AvgIpc) is 3.50. The first-order valence-corrected chi connectivity index (χ1v) is 16.3. The molecule has 0 radical (unpaired) electrons. The summed E-state index contributed by atoms with van der Waals surface area (Å²) in [6.07, 6.45) is 0. The van der Waals surface area contributed by atoms with Crippen molar-refractivity contribution in [3.05, 3.63) is 82.2 Å². The highest BCUT2D eigenvalue weighted by atomic mass is 32.2. The largest absolute Gasteiger partial charge is 0.492 e. The summed E-state index contributed by atoms with van der Waals surface area (Å²) in [5, 5.41) is 7.60. The number of nitrogens with zero attached hydrogens (tertiary/aromatic N) is 4. The summed E-state index contributed by atoms with van der Waals surface area (Å²) in [5.41, 5.74) is 3.98. The van der Waals surface area contributed by atoms with Crippen LogP contribution in [0.5, 0.6) is 5.75 Å². The van der Waals surface area contributed by atoms with Crippen LogP contribution in [0, 0.1) is 0 Å². The first kappa shape index (κ1) is 32.4. The first-order valence-electron chi connectivity index (χ1n) is 14.6. The summed E-state index contributed by atoms with van der Waals surface area (Å²) in [4.78, 5) is 39.0. The van der Waals surface area contributed by atoms with Gasteiger partial charge in [-0.3, -0.25) is 14.5 Å². The van der Waals surface area contributed by atoms with E-state index in [0.29, 0.717) is 41.1 Å². The van der Waals surface area contributed by atoms with E-state index < -0.39 is 0 Å². The molecule has 1 saturated heterocycles. The Morgan fingerprint density at radius 1 is 1.04 bits per heavy atom. The number of anilines is 3. The van der Waals surface area contributed by atoms with Gasteiger partial charge in [0.1, 0.15) is 23.9 Å². The number of aliphatic imine (C=N–C) groups is 1. The Hall–Kier alpha value is -3.97. The summed E-state index contributed by atoms with van der Waals surface area (Å²) >= 11 is 2.93. The van der Waals surface area contributed by atoms with Crippen LogP contribution < -0.4 is 20.3 Å². The summed E-state index contributed by atoms with van der Waals surface area (Å²) < 4.78 is 10.9. The summed E-state index contributed by atoms with van der Waals surface area (Å²) in [7, 11) is 7.49. The summed E-state index contributed by atoms with van der Waals surface area (Å²) in [5.74, 6) is 0.422. The number of amidine groups is 1. The molecule has 0 saturated carbocycles. The van der Waals surface area contributed by atoms with Crippen molar-refractivity contribution in [2.75, 3.05) is 70.1 Å². The Bertz CT molecular complexity index is 1610. The average molecular weight is 647 g/mol. The van der Waals surface area contributed by atoms with Crippen molar-refractivity contribution in [3.8, 4) is 5.75 Å². The van der Waals surface area contributed by atoms with Crippen molar-refractivity contribution in [2.45, 2.75) is 18.4 Å². The second-order valence-electron chi connectivity index (χ2n) is 10.7. The number of hydrogen-bond acceptors (Lipinski definition) is 10. The topological polar surface area (TPSA) is 98.7 Å². The molecule has 3 aromatic carbocycles. The molecule has 2 heterocycles. The second-order valence-corrected chi connectivity index (χ2v) is 12.7. The van der Waals surface area contributed by atoms with E-state index >= 15 is 0 Å². The van der Waals surface area contributed by atoms with E-state index in [1.165, 1.54) is 18.9 Å². The molecule has 2 amide bonds. The van der Waals surface area contributed by atoms with Crippen molar-refractivity contribution in [3.63, 3.8) is 0 Å². The maximum Gasteiger partial charge on any atom is 0.269 e. The number of methoxy groups -OCH3 is 1. The van der Waals surface area contributed by atoms with Crippen LogP contribution in [0.3, 0.4) is 0 Å². The van der Waals surface area contributed by atoms with Gasteiger partial charge in [-0.15, -0.1) is 0 Å². The van der Waals surface area contributed by atoms with Crippen molar-refractivity contribution in [2.24, 2.45) is 4.99 Å². The standard InChI is InChI=1S/C33H38N6O4S2/c1-6-34-25-14-12-23(35-29(40)21-42-5)18-26(25)36-33-39(20-22-10-8-7-9-11-22)31(41)30(45-33)32-38(4)27-19-24(13-15-28(27)44-32)43-17-16-37(2)3/h7-15,18-19,34H,6,16-17,20-21H2,1-5H3,(H,35,40). The molecule has 45 heavy (non-hydrogen) atoms. The van der Waals surface area contributed by atoms with Gasteiger partial charge in [0.05, 0.1) is 28.6 Å². The van der Waals surface area contributed by atoms with Gasteiger partial charge in [-0.05, 0) is 68.7 Å². The van der Waals surface area contributed by atoms with E-state index in [4.69, 9.17) is 14.5 Å².